The zero-order chi connectivity index (χ0) is 25.8. The molecule has 0 aliphatic rings. The summed E-state index contributed by atoms with van der Waals surface area (Å²) in [4.78, 5) is 0. The fraction of sp³-hybridized carbons (Fsp3) is 0.156. The topological polar surface area (TPSA) is 21.9 Å². The molecule has 0 saturated heterocycles. The van der Waals surface area contributed by atoms with Crippen LogP contribution in [0.4, 0.5) is 0 Å². The van der Waals surface area contributed by atoms with Gasteiger partial charge in [-0.05, 0) is 61.6 Å². The highest BCUT2D eigenvalue weighted by Gasteiger charge is 2.28. The Hall–Kier alpha value is -3.38. The maximum Gasteiger partial charge on any atom is 0.302 e. The van der Waals surface area contributed by atoms with E-state index in [1.807, 2.05) is 24.3 Å². The molecular weight excluding hydrogens is 555 g/mol. The van der Waals surface area contributed by atoms with Crippen LogP contribution in [0.2, 0.25) is 0 Å². The normalized spacial score (nSPS) is 12.1. The number of fused-ring (bicyclic) bond motifs is 2. The zero-order valence-corrected chi connectivity index (χ0v) is 23.4. The van der Waals surface area contributed by atoms with Crippen LogP contribution in [0.5, 0.6) is 0 Å². The number of nitrogens with zero attached hydrogens (tertiary/aromatic N) is 2. The standard InChI is InChI=1S/C32H32IN2O/c1-7-9-10-13-25-26-20-19-24(5)30(32-34(6)27-14-11-12-15-28(27)35(32)33)31(26)36-29(25)21-18-23(4)17-16-22(3)8-2/h7-9,11-12,14-21H,2-4,10,13H2,1,5-6H3/q+1/b9-7-,17-16-,21-18-. The molecule has 2 aromatic carbocycles. The number of halogens is 1. The lowest BCUT2D eigenvalue weighted by atomic mass is 9.99. The fourth-order valence-corrected chi connectivity index (χ4v) is 5.43. The van der Waals surface area contributed by atoms with Crippen molar-refractivity contribution in [3.05, 3.63) is 121 Å². The van der Waals surface area contributed by atoms with Gasteiger partial charge >= 0.3 is 5.82 Å². The van der Waals surface area contributed by atoms with Gasteiger partial charge in [-0.15, -0.1) is 0 Å². The predicted molar refractivity (Wildman–Crippen MR) is 162 cm³/mol. The third kappa shape index (κ3) is 4.96. The first-order valence-electron chi connectivity index (χ1n) is 12.1. The van der Waals surface area contributed by atoms with Crippen molar-refractivity contribution < 1.29 is 8.98 Å². The molecule has 0 bridgehead atoms. The zero-order valence-electron chi connectivity index (χ0n) is 21.2. The number of hydrogen-bond acceptors (Lipinski definition) is 1. The Labute approximate surface area is 227 Å². The van der Waals surface area contributed by atoms with Gasteiger partial charge in [-0.1, -0.05) is 80.5 Å². The Morgan fingerprint density at radius 3 is 2.56 bits per heavy atom. The number of aromatic nitrogens is 2. The Morgan fingerprint density at radius 1 is 1.08 bits per heavy atom. The summed E-state index contributed by atoms with van der Waals surface area (Å²) >= 11 is 2.40. The highest BCUT2D eigenvalue weighted by atomic mass is 127. The number of para-hydroxylation sites is 2. The van der Waals surface area contributed by atoms with Crippen LogP contribution in [-0.2, 0) is 13.5 Å². The van der Waals surface area contributed by atoms with Gasteiger partial charge in [0.05, 0.1) is 7.05 Å². The Bertz CT molecular complexity index is 1530. The van der Waals surface area contributed by atoms with Crippen molar-refractivity contribution in [2.45, 2.75) is 26.7 Å². The van der Waals surface area contributed by atoms with Crippen molar-refractivity contribution >= 4 is 50.9 Å². The van der Waals surface area contributed by atoms with E-state index in [2.05, 4.69) is 119 Å². The van der Waals surface area contributed by atoms with Crippen LogP contribution >= 0.6 is 22.9 Å². The van der Waals surface area contributed by atoms with E-state index in [4.69, 9.17) is 4.42 Å². The van der Waals surface area contributed by atoms with Crippen molar-refractivity contribution in [2.75, 3.05) is 0 Å². The monoisotopic (exact) mass is 587 g/mol. The van der Waals surface area contributed by atoms with Gasteiger partial charge in [0.25, 0.3) is 0 Å². The molecule has 2 aromatic heterocycles. The molecule has 36 heavy (non-hydrogen) atoms. The maximum absolute atomic E-state index is 6.66. The largest absolute Gasteiger partial charge is 0.455 e. The van der Waals surface area contributed by atoms with Gasteiger partial charge in [-0.25, -0.2) is 4.57 Å². The Balaban J connectivity index is 1.90. The minimum atomic E-state index is 0.850. The van der Waals surface area contributed by atoms with Gasteiger partial charge in [0, 0.05) is 10.9 Å². The molecule has 0 atom stereocenters. The molecule has 0 saturated carbocycles. The molecule has 4 heteroatoms. The molecule has 2 heterocycles. The number of hydrogen-bond donors (Lipinski definition) is 0. The van der Waals surface area contributed by atoms with Gasteiger partial charge in [0.2, 0.25) is 22.9 Å². The second kappa shape index (κ2) is 11.1. The summed E-state index contributed by atoms with van der Waals surface area (Å²) in [6, 6.07) is 12.9. The number of imidazole rings is 1. The van der Waals surface area contributed by atoms with Crippen molar-refractivity contribution in [1.29, 1.82) is 0 Å². The van der Waals surface area contributed by atoms with Gasteiger partial charge in [0.1, 0.15) is 11.3 Å². The smallest absolute Gasteiger partial charge is 0.302 e. The SMILES string of the molecule is C=CC(=C)/C=C\C(=C)/C=C\c1oc2c(-c3n(I)c4ccccc4[n+]3C)c(C)ccc2c1CC/C=C\C. The van der Waals surface area contributed by atoms with Crippen molar-refractivity contribution in [2.24, 2.45) is 7.05 Å². The molecule has 0 N–H and O–H groups in total. The lowest BCUT2D eigenvalue weighted by molar-refractivity contribution is -0.633. The average molecular weight is 588 g/mol. The first kappa shape index (κ1) is 25.7. The van der Waals surface area contributed by atoms with Crippen LogP contribution in [0.3, 0.4) is 0 Å². The quantitative estimate of drug-likeness (QED) is 0.0831. The molecule has 182 valence electrons. The van der Waals surface area contributed by atoms with Crippen molar-refractivity contribution in [3.8, 4) is 11.4 Å². The molecule has 3 nitrogen and oxygen atoms in total. The van der Waals surface area contributed by atoms with E-state index < -0.39 is 0 Å². The van der Waals surface area contributed by atoms with Crippen molar-refractivity contribution in [1.82, 2.24) is 2.78 Å². The molecule has 0 radical (unpaired) electrons. The summed E-state index contributed by atoms with van der Waals surface area (Å²) in [7, 11) is 2.12. The molecule has 0 amide bonds. The maximum atomic E-state index is 6.66. The molecule has 0 unspecified atom stereocenters. The number of allylic oxidation sites excluding steroid dienone is 8. The summed E-state index contributed by atoms with van der Waals surface area (Å²) in [6.07, 6.45) is 15.7. The van der Waals surface area contributed by atoms with Gasteiger partial charge < -0.3 is 4.42 Å². The first-order valence-corrected chi connectivity index (χ1v) is 13.0. The van der Waals surface area contributed by atoms with E-state index in [0.717, 1.165) is 52.1 Å². The van der Waals surface area contributed by atoms with Gasteiger partial charge in [0.15, 0.2) is 16.6 Å². The number of furan rings is 1. The van der Waals surface area contributed by atoms with E-state index in [-0.39, 0.29) is 0 Å². The second-order valence-electron chi connectivity index (χ2n) is 8.86. The van der Waals surface area contributed by atoms with Crippen LogP contribution in [0.25, 0.3) is 39.5 Å². The summed E-state index contributed by atoms with van der Waals surface area (Å²) in [6.45, 7) is 16.0. The van der Waals surface area contributed by atoms with Gasteiger partial charge in [-0.3, -0.25) is 0 Å². The van der Waals surface area contributed by atoms with Crippen LogP contribution < -0.4 is 4.57 Å². The summed E-state index contributed by atoms with van der Waals surface area (Å²) < 4.78 is 11.1. The highest BCUT2D eigenvalue weighted by Crippen LogP contribution is 2.38. The van der Waals surface area contributed by atoms with E-state index in [1.165, 1.54) is 22.2 Å². The molecule has 0 aliphatic heterocycles. The second-order valence-corrected chi connectivity index (χ2v) is 9.82. The van der Waals surface area contributed by atoms with Gasteiger partial charge in [-0.2, -0.15) is 2.78 Å². The van der Waals surface area contributed by atoms with Crippen LogP contribution in [-0.4, -0.2) is 2.78 Å². The van der Waals surface area contributed by atoms with Crippen molar-refractivity contribution in [3.63, 3.8) is 0 Å². The number of aryl methyl sites for hydroxylation is 3. The molecule has 4 aromatic rings. The fourth-order valence-electron chi connectivity index (χ4n) is 4.45. The van der Waals surface area contributed by atoms with E-state index >= 15 is 0 Å². The van der Waals surface area contributed by atoms with Crippen LogP contribution in [0.1, 0.15) is 30.2 Å². The van der Waals surface area contributed by atoms with E-state index in [9.17, 15) is 0 Å². The Morgan fingerprint density at radius 2 is 1.83 bits per heavy atom. The average Bonchev–Trinajstić information content (AvgIpc) is 3.36. The molecule has 0 spiro atoms. The molecule has 0 fully saturated rings. The molecular formula is C32H32IN2O+. The predicted octanol–water partition coefficient (Wildman–Crippen LogP) is 8.76. The van der Waals surface area contributed by atoms with Crippen LogP contribution in [0.15, 0.2) is 108 Å². The molecule has 0 aliphatic carbocycles. The number of benzene rings is 2. The Kier molecular flexibility index (Phi) is 7.94. The van der Waals surface area contributed by atoms with Crippen LogP contribution in [0, 0.1) is 6.92 Å². The minimum absolute atomic E-state index is 0.850. The summed E-state index contributed by atoms with van der Waals surface area (Å²) in [5.41, 5.74) is 8.51. The van der Waals surface area contributed by atoms with E-state index in [0.29, 0.717) is 0 Å². The molecule has 4 rings (SSSR count). The minimum Gasteiger partial charge on any atom is -0.455 e. The summed E-state index contributed by atoms with van der Waals surface area (Å²) in [5, 5.41) is 1.16. The highest BCUT2D eigenvalue weighted by molar-refractivity contribution is 14.1. The third-order valence-corrected chi connectivity index (χ3v) is 7.38. The third-order valence-electron chi connectivity index (χ3n) is 6.40. The lowest BCUT2D eigenvalue weighted by Crippen LogP contribution is -2.29. The first-order chi connectivity index (χ1) is 17.4. The summed E-state index contributed by atoms with van der Waals surface area (Å²) in [5.74, 6) is 1.98. The van der Waals surface area contributed by atoms with E-state index in [1.54, 1.807) is 6.08 Å². The lowest BCUT2D eigenvalue weighted by Gasteiger charge is -2.04. The number of rotatable bonds is 9.